The maximum Gasteiger partial charge on any atom is 0.438 e. The first-order chi connectivity index (χ1) is 11.7. The van der Waals surface area contributed by atoms with Gasteiger partial charge in [-0.2, -0.15) is 23.3 Å². The van der Waals surface area contributed by atoms with E-state index in [1.807, 2.05) is 0 Å². The number of benzene rings is 1. The van der Waals surface area contributed by atoms with Crippen molar-refractivity contribution in [3.05, 3.63) is 34.3 Å². The van der Waals surface area contributed by atoms with Crippen molar-refractivity contribution >= 4 is 33.5 Å². The minimum absolute atomic E-state index is 0.192. The van der Waals surface area contributed by atoms with E-state index in [0.717, 1.165) is 0 Å². The van der Waals surface area contributed by atoms with E-state index in [9.17, 15) is 27.9 Å². The first-order valence-corrected chi connectivity index (χ1v) is 8.24. The molecule has 1 aliphatic heterocycles. The molecule has 0 aromatic heterocycles. The number of carbonyl (C=O) groups is 2. The first-order valence-electron chi connectivity index (χ1n) is 7.45. The van der Waals surface area contributed by atoms with Crippen molar-refractivity contribution in [1.29, 1.82) is 0 Å². The highest BCUT2D eigenvalue weighted by Crippen LogP contribution is 2.41. The lowest BCUT2D eigenvalue weighted by atomic mass is 10.0. The summed E-state index contributed by atoms with van der Waals surface area (Å²) in [6.45, 7) is 4.36. The highest BCUT2D eigenvalue weighted by atomic mass is 79.9. The molecule has 1 aromatic carbocycles. The topological polar surface area (TPSA) is 79.2 Å². The predicted octanol–water partition coefficient (Wildman–Crippen LogP) is 2.98. The Hall–Kier alpha value is -1.94. The van der Waals surface area contributed by atoms with Gasteiger partial charge in [0.05, 0.1) is 12.1 Å². The average Bonchev–Trinajstić information content (AvgIpc) is 2.83. The number of aliphatic hydroxyl groups is 1. The maximum atomic E-state index is 13.4. The van der Waals surface area contributed by atoms with Gasteiger partial charge in [0.15, 0.2) is 0 Å². The van der Waals surface area contributed by atoms with Crippen molar-refractivity contribution < 1.29 is 32.6 Å². The number of esters is 1. The number of halogens is 4. The Balaban J connectivity index is 2.44. The van der Waals surface area contributed by atoms with Crippen LogP contribution in [-0.4, -0.2) is 45.2 Å². The number of amides is 1. The molecule has 1 heterocycles. The van der Waals surface area contributed by atoms with E-state index < -0.39 is 35.8 Å². The molecule has 1 amide bonds. The van der Waals surface area contributed by atoms with Crippen molar-refractivity contribution in [1.82, 2.24) is 5.01 Å². The molecule has 2 rings (SSSR count). The second kappa shape index (κ2) is 6.66. The molecule has 142 valence electrons. The number of nitrogens with zero attached hydrogens (tertiary/aromatic N) is 2. The molecule has 0 unspecified atom stereocenters. The normalized spacial score (nSPS) is 20.8. The van der Waals surface area contributed by atoms with Gasteiger partial charge < -0.3 is 9.84 Å². The van der Waals surface area contributed by atoms with E-state index in [1.165, 1.54) is 32.9 Å². The number of carbonyl (C=O) groups excluding carboxylic acids is 2. The number of hydrogen-bond donors (Lipinski definition) is 1. The second-order valence-corrected chi connectivity index (χ2v) is 7.58. The van der Waals surface area contributed by atoms with Crippen LogP contribution in [0.25, 0.3) is 0 Å². The van der Waals surface area contributed by atoms with Gasteiger partial charge in [0.2, 0.25) is 0 Å². The van der Waals surface area contributed by atoms with Gasteiger partial charge in [-0.3, -0.25) is 4.79 Å². The zero-order chi connectivity index (χ0) is 19.9. The highest BCUT2D eigenvalue weighted by molar-refractivity contribution is 9.10. The summed E-state index contributed by atoms with van der Waals surface area (Å²) in [7, 11) is 0. The Labute approximate surface area is 155 Å². The highest BCUT2D eigenvalue weighted by Gasteiger charge is 2.64. The first kappa shape index (κ1) is 20.4. The van der Waals surface area contributed by atoms with Gasteiger partial charge in [-0.15, -0.1) is 0 Å². The lowest BCUT2D eigenvalue weighted by molar-refractivity contribution is -0.302. The number of rotatable bonds is 1. The zero-order valence-corrected chi connectivity index (χ0v) is 15.7. The molecule has 1 aliphatic rings. The van der Waals surface area contributed by atoms with Crippen LogP contribution in [0.15, 0.2) is 33.8 Å². The fourth-order valence-corrected chi connectivity index (χ4v) is 2.62. The maximum absolute atomic E-state index is 13.4. The van der Waals surface area contributed by atoms with Crippen LogP contribution in [0.2, 0.25) is 0 Å². The summed E-state index contributed by atoms with van der Waals surface area (Å²) in [5, 5.41) is 13.5. The summed E-state index contributed by atoms with van der Waals surface area (Å²) in [4.78, 5) is 24.1. The van der Waals surface area contributed by atoms with Crippen LogP contribution < -0.4 is 0 Å². The van der Waals surface area contributed by atoms with Crippen molar-refractivity contribution in [2.75, 3.05) is 0 Å². The lowest BCUT2D eigenvalue weighted by Crippen LogP contribution is -2.58. The standard InChI is InChI=1S/C16H16BrF3N2O4/c1-14(2,3)26-13(24)12(23)22-15(25,16(18,19)20)8-11(21-22)9-5-4-6-10(17)7-9/h4-7,25H,8H2,1-3H3/t15-/m0/s1. The third-order valence-electron chi connectivity index (χ3n) is 3.36. The Bertz CT molecular complexity index is 773. The molecule has 1 N–H and O–H groups in total. The molecule has 0 fully saturated rings. The molecule has 0 bridgehead atoms. The molecular weight excluding hydrogens is 421 g/mol. The lowest BCUT2D eigenvalue weighted by Gasteiger charge is -2.32. The van der Waals surface area contributed by atoms with Crippen LogP contribution in [0.4, 0.5) is 13.2 Å². The molecule has 0 saturated heterocycles. The Morgan fingerprint density at radius 2 is 1.92 bits per heavy atom. The van der Waals surface area contributed by atoms with Gasteiger partial charge in [0.25, 0.3) is 5.72 Å². The summed E-state index contributed by atoms with van der Waals surface area (Å²) >= 11 is 3.18. The number of ether oxygens (including phenoxy) is 1. The number of hydrogen-bond acceptors (Lipinski definition) is 5. The van der Waals surface area contributed by atoms with Crippen molar-refractivity contribution in [3.63, 3.8) is 0 Å². The van der Waals surface area contributed by atoms with Gasteiger partial charge >= 0.3 is 18.1 Å². The summed E-state index contributed by atoms with van der Waals surface area (Å²) in [5.41, 5.74) is -4.66. The van der Waals surface area contributed by atoms with Crippen LogP contribution in [-0.2, 0) is 14.3 Å². The van der Waals surface area contributed by atoms with Gasteiger partial charge in [-0.05, 0) is 38.5 Å². The summed E-state index contributed by atoms with van der Waals surface area (Å²) in [6, 6.07) is 6.17. The molecule has 10 heteroatoms. The van der Waals surface area contributed by atoms with Gasteiger partial charge in [-0.1, -0.05) is 28.1 Å². The molecule has 1 aromatic rings. The smallest absolute Gasteiger partial charge is 0.438 e. The molecule has 26 heavy (non-hydrogen) atoms. The Morgan fingerprint density at radius 1 is 1.31 bits per heavy atom. The van der Waals surface area contributed by atoms with Crippen molar-refractivity contribution in [2.45, 2.75) is 44.7 Å². The summed E-state index contributed by atoms with van der Waals surface area (Å²) < 4.78 is 45.7. The quantitative estimate of drug-likeness (QED) is 0.542. The SMILES string of the molecule is CC(C)(C)OC(=O)C(=O)N1N=C(c2cccc(Br)c2)C[C@]1(O)C(F)(F)F. The molecule has 0 aliphatic carbocycles. The molecule has 0 spiro atoms. The molecule has 6 nitrogen and oxygen atoms in total. The second-order valence-electron chi connectivity index (χ2n) is 6.67. The van der Waals surface area contributed by atoms with Crippen molar-refractivity contribution in [3.8, 4) is 0 Å². The van der Waals surface area contributed by atoms with E-state index >= 15 is 0 Å². The zero-order valence-electron chi connectivity index (χ0n) is 14.1. The number of hydrazone groups is 1. The van der Waals surface area contributed by atoms with Crippen LogP contribution in [0.1, 0.15) is 32.8 Å². The molecule has 0 radical (unpaired) electrons. The van der Waals surface area contributed by atoms with E-state index in [2.05, 4.69) is 21.0 Å². The predicted molar refractivity (Wildman–Crippen MR) is 89.0 cm³/mol. The number of alkyl halides is 3. The fraction of sp³-hybridized carbons (Fsp3) is 0.438. The van der Waals surface area contributed by atoms with Gasteiger partial charge in [0.1, 0.15) is 5.60 Å². The van der Waals surface area contributed by atoms with E-state index in [1.54, 1.807) is 12.1 Å². The van der Waals surface area contributed by atoms with Crippen LogP contribution in [0, 0.1) is 0 Å². The largest absolute Gasteiger partial charge is 0.453 e. The van der Waals surface area contributed by atoms with Gasteiger partial charge in [0, 0.05) is 4.47 Å². The van der Waals surface area contributed by atoms with Crippen LogP contribution in [0.5, 0.6) is 0 Å². The third-order valence-corrected chi connectivity index (χ3v) is 3.86. The van der Waals surface area contributed by atoms with E-state index in [4.69, 9.17) is 4.74 Å². The van der Waals surface area contributed by atoms with Crippen LogP contribution in [0.3, 0.4) is 0 Å². The Kier molecular flexibility index (Phi) is 5.22. The molecule has 1 atom stereocenters. The fourth-order valence-electron chi connectivity index (χ4n) is 2.22. The third kappa shape index (κ3) is 4.07. The molecule has 0 saturated carbocycles. The minimum atomic E-state index is -5.23. The Morgan fingerprint density at radius 3 is 2.42 bits per heavy atom. The van der Waals surface area contributed by atoms with Crippen molar-refractivity contribution in [2.24, 2.45) is 5.10 Å². The molecular formula is C16H16BrF3N2O4. The monoisotopic (exact) mass is 436 g/mol. The van der Waals surface area contributed by atoms with Gasteiger partial charge in [-0.25, -0.2) is 4.79 Å². The minimum Gasteiger partial charge on any atom is -0.453 e. The van der Waals surface area contributed by atoms with E-state index in [0.29, 0.717) is 4.47 Å². The van der Waals surface area contributed by atoms with E-state index in [-0.39, 0.29) is 16.3 Å². The summed E-state index contributed by atoms with van der Waals surface area (Å²) in [6.07, 6.45) is -6.25. The average molecular weight is 437 g/mol. The van der Waals surface area contributed by atoms with Crippen LogP contribution >= 0.6 is 15.9 Å². The summed E-state index contributed by atoms with van der Waals surface area (Å²) in [5.74, 6) is -3.25.